The van der Waals surface area contributed by atoms with Crippen LogP contribution in [0, 0.1) is 13.8 Å². The average Bonchev–Trinajstić information content (AvgIpc) is 2.54. The minimum absolute atomic E-state index is 0.0594. The van der Waals surface area contributed by atoms with Gasteiger partial charge in [-0.25, -0.2) is 0 Å². The van der Waals surface area contributed by atoms with Crippen LogP contribution >= 0.6 is 0 Å². The molecule has 3 rings (SSSR count). The zero-order valence-corrected chi connectivity index (χ0v) is 14.6. The van der Waals surface area contributed by atoms with E-state index in [1.807, 2.05) is 39.0 Å². The van der Waals surface area contributed by atoms with Gasteiger partial charge in [-0.05, 0) is 74.4 Å². The first-order valence-electron chi connectivity index (χ1n) is 8.66. The predicted molar refractivity (Wildman–Crippen MR) is 96.3 cm³/mol. The highest BCUT2D eigenvalue weighted by Gasteiger charge is 2.24. The van der Waals surface area contributed by atoms with Gasteiger partial charge in [-0.1, -0.05) is 30.3 Å². The molecule has 1 aliphatic carbocycles. The molecule has 1 amide bonds. The zero-order chi connectivity index (χ0) is 17.1. The summed E-state index contributed by atoms with van der Waals surface area (Å²) in [7, 11) is 0. The second-order valence-electron chi connectivity index (χ2n) is 6.74. The molecule has 0 heterocycles. The SMILES string of the molecule is Cc1cc(C)cc(O[C@@H](C)C(=O)N[C@H]2CCCc3ccccc32)c1. The van der Waals surface area contributed by atoms with Crippen LogP contribution in [0.25, 0.3) is 0 Å². The van der Waals surface area contributed by atoms with Gasteiger partial charge < -0.3 is 10.1 Å². The first kappa shape index (κ1) is 16.6. The van der Waals surface area contributed by atoms with Crippen molar-refractivity contribution in [3.63, 3.8) is 0 Å². The van der Waals surface area contributed by atoms with E-state index in [9.17, 15) is 4.79 Å². The molecule has 3 nitrogen and oxygen atoms in total. The Labute approximate surface area is 144 Å². The van der Waals surface area contributed by atoms with Crippen LogP contribution in [-0.4, -0.2) is 12.0 Å². The lowest BCUT2D eigenvalue weighted by molar-refractivity contribution is -0.128. The van der Waals surface area contributed by atoms with E-state index in [-0.39, 0.29) is 11.9 Å². The summed E-state index contributed by atoms with van der Waals surface area (Å²) >= 11 is 0. The van der Waals surface area contributed by atoms with Crippen molar-refractivity contribution in [3.8, 4) is 5.75 Å². The summed E-state index contributed by atoms with van der Waals surface area (Å²) in [5.41, 5.74) is 4.87. The fourth-order valence-corrected chi connectivity index (χ4v) is 3.45. The van der Waals surface area contributed by atoms with E-state index >= 15 is 0 Å². The maximum atomic E-state index is 12.6. The Hall–Kier alpha value is -2.29. The quantitative estimate of drug-likeness (QED) is 0.913. The van der Waals surface area contributed by atoms with Gasteiger partial charge in [0.2, 0.25) is 0 Å². The van der Waals surface area contributed by atoms with Crippen molar-refractivity contribution in [2.45, 2.75) is 52.2 Å². The minimum Gasteiger partial charge on any atom is -0.481 e. The predicted octanol–water partition coefficient (Wildman–Crippen LogP) is 4.26. The molecule has 2 aromatic carbocycles. The molecule has 0 bridgehead atoms. The maximum absolute atomic E-state index is 12.6. The number of benzene rings is 2. The van der Waals surface area contributed by atoms with Gasteiger partial charge in [0.05, 0.1) is 6.04 Å². The van der Waals surface area contributed by atoms with Gasteiger partial charge in [-0.3, -0.25) is 4.79 Å². The standard InChI is InChI=1S/C21H25NO2/c1-14-11-15(2)13-18(12-14)24-16(3)21(23)22-20-10-6-8-17-7-4-5-9-19(17)20/h4-5,7,9,11-13,16,20H,6,8,10H2,1-3H3,(H,22,23)/t16-,20-/m0/s1. The molecule has 0 spiro atoms. The van der Waals surface area contributed by atoms with Gasteiger partial charge in [0, 0.05) is 0 Å². The third-order valence-corrected chi connectivity index (χ3v) is 4.56. The number of aryl methyl sites for hydroxylation is 3. The highest BCUT2D eigenvalue weighted by Crippen LogP contribution is 2.29. The molecule has 24 heavy (non-hydrogen) atoms. The first-order valence-corrected chi connectivity index (χ1v) is 8.66. The van der Waals surface area contributed by atoms with Crippen molar-refractivity contribution >= 4 is 5.91 Å². The van der Waals surface area contributed by atoms with Crippen molar-refractivity contribution in [1.29, 1.82) is 0 Å². The van der Waals surface area contributed by atoms with E-state index < -0.39 is 6.10 Å². The van der Waals surface area contributed by atoms with E-state index in [1.54, 1.807) is 0 Å². The molecule has 0 saturated carbocycles. The number of hydrogen-bond acceptors (Lipinski definition) is 2. The summed E-state index contributed by atoms with van der Waals surface area (Å²) in [5.74, 6) is 0.690. The van der Waals surface area contributed by atoms with Crippen LogP contribution in [0.3, 0.4) is 0 Å². The molecular weight excluding hydrogens is 298 g/mol. The minimum atomic E-state index is -0.514. The van der Waals surface area contributed by atoms with Gasteiger partial charge in [0.1, 0.15) is 5.75 Å². The van der Waals surface area contributed by atoms with E-state index in [2.05, 4.69) is 29.6 Å². The molecule has 0 unspecified atom stereocenters. The Balaban J connectivity index is 1.67. The molecule has 2 aromatic rings. The fourth-order valence-electron chi connectivity index (χ4n) is 3.45. The van der Waals surface area contributed by atoms with Crippen LogP contribution < -0.4 is 10.1 Å². The van der Waals surface area contributed by atoms with Crippen LogP contribution in [0.2, 0.25) is 0 Å². The Kier molecular flexibility index (Phi) is 4.89. The number of carbonyl (C=O) groups excluding carboxylic acids is 1. The molecule has 0 fully saturated rings. The highest BCUT2D eigenvalue weighted by atomic mass is 16.5. The summed E-state index contributed by atoms with van der Waals surface area (Å²) in [6, 6.07) is 14.5. The third-order valence-electron chi connectivity index (χ3n) is 4.56. The highest BCUT2D eigenvalue weighted by molar-refractivity contribution is 5.81. The molecule has 2 atom stereocenters. The Bertz CT molecular complexity index is 718. The number of nitrogens with one attached hydrogen (secondary N) is 1. The molecule has 1 aliphatic rings. The fraction of sp³-hybridized carbons (Fsp3) is 0.381. The van der Waals surface area contributed by atoms with Gasteiger partial charge in [-0.15, -0.1) is 0 Å². The van der Waals surface area contributed by atoms with Crippen molar-refractivity contribution in [2.75, 3.05) is 0 Å². The lowest BCUT2D eigenvalue weighted by Crippen LogP contribution is -2.39. The smallest absolute Gasteiger partial charge is 0.261 e. The molecule has 0 saturated heterocycles. The molecule has 3 heteroatoms. The van der Waals surface area contributed by atoms with Crippen molar-refractivity contribution in [2.24, 2.45) is 0 Å². The molecule has 0 aliphatic heterocycles. The average molecular weight is 323 g/mol. The van der Waals surface area contributed by atoms with E-state index in [0.717, 1.165) is 36.1 Å². The normalized spacial score (nSPS) is 17.7. The number of rotatable bonds is 4. The summed E-state index contributed by atoms with van der Waals surface area (Å²) in [6.45, 7) is 5.87. The molecule has 0 radical (unpaired) electrons. The summed E-state index contributed by atoms with van der Waals surface area (Å²) in [6.07, 6.45) is 2.67. The topological polar surface area (TPSA) is 38.3 Å². The number of fused-ring (bicyclic) bond motifs is 1. The van der Waals surface area contributed by atoms with Gasteiger partial charge in [0.15, 0.2) is 6.10 Å². The van der Waals surface area contributed by atoms with Gasteiger partial charge in [0.25, 0.3) is 5.91 Å². The Morgan fingerprint density at radius 2 is 1.88 bits per heavy atom. The number of ether oxygens (including phenoxy) is 1. The van der Waals surface area contributed by atoms with Crippen LogP contribution in [0.1, 0.15) is 48.1 Å². The lowest BCUT2D eigenvalue weighted by atomic mass is 9.87. The van der Waals surface area contributed by atoms with E-state index in [0.29, 0.717) is 0 Å². The monoisotopic (exact) mass is 323 g/mol. The van der Waals surface area contributed by atoms with Gasteiger partial charge in [-0.2, -0.15) is 0 Å². The van der Waals surface area contributed by atoms with E-state index in [4.69, 9.17) is 4.74 Å². The van der Waals surface area contributed by atoms with Crippen LogP contribution in [0.15, 0.2) is 42.5 Å². The maximum Gasteiger partial charge on any atom is 0.261 e. The largest absolute Gasteiger partial charge is 0.481 e. The third kappa shape index (κ3) is 3.78. The second-order valence-corrected chi connectivity index (χ2v) is 6.74. The van der Waals surface area contributed by atoms with Crippen molar-refractivity contribution in [1.82, 2.24) is 5.32 Å². The Morgan fingerprint density at radius 3 is 2.62 bits per heavy atom. The van der Waals surface area contributed by atoms with Crippen LogP contribution in [-0.2, 0) is 11.2 Å². The molecule has 0 aromatic heterocycles. The molecular formula is C21H25NO2. The zero-order valence-electron chi connectivity index (χ0n) is 14.6. The lowest BCUT2D eigenvalue weighted by Gasteiger charge is -2.27. The number of hydrogen-bond donors (Lipinski definition) is 1. The van der Waals surface area contributed by atoms with E-state index in [1.165, 1.54) is 11.1 Å². The second kappa shape index (κ2) is 7.08. The van der Waals surface area contributed by atoms with Crippen molar-refractivity contribution < 1.29 is 9.53 Å². The molecule has 1 N–H and O–H groups in total. The first-order chi connectivity index (χ1) is 11.5. The molecule has 126 valence electrons. The summed E-state index contributed by atoms with van der Waals surface area (Å²) in [4.78, 5) is 12.6. The summed E-state index contributed by atoms with van der Waals surface area (Å²) < 4.78 is 5.86. The van der Waals surface area contributed by atoms with Gasteiger partial charge >= 0.3 is 0 Å². The van der Waals surface area contributed by atoms with Crippen LogP contribution in [0.5, 0.6) is 5.75 Å². The number of amides is 1. The summed E-state index contributed by atoms with van der Waals surface area (Å²) in [5, 5.41) is 3.16. The Morgan fingerprint density at radius 1 is 1.17 bits per heavy atom. The van der Waals surface area contributed by atoms with Crippen LogP contribution in [0.4, 0.5) is 0 Å². The van der Waals surface area contributed by atoms with Crippen molar-refractivity contribution in [3.05, 3.63) is 64.7 Å². The number of carbonyl (C=O) groups is 1.